The normalized spacial score (nSPS) is 18.3. The molecule has 2 N–H and O–H groups in total. The molecule has 13 nitrogen and oxygen atoms in total. The van der Waals surface area contributed by atoms with Gasteiger partial charge in [-0.2, -0.15) is 0 Å². The zero-order chi connectivity index (χ0) is 41.7. The summed E-state index contributed by atoms with van der Waals surface area (Å²) in [5.74, 6) is 2.52. The van der Waals surface area contributed by atoms with Crippen molar-refractivity contribution in [2.45, 2.75) is 117 Å². The number of amides is 3. The second kappa shape index (κ2) is 18.5. The van der Waals surface area contributed by atoms with E-state index in [4.69, 9.17) is 19.2 Å². The fraction of sp³-hybridized carbons (Fsp3) is 0.568. The van der Waals surface area contributed by atoms with E-state index in [0.717, 1.165) is 83.5 Å². The maximum absolute atomic E-state index is 13.6. The van der Waals surface area contributed by atoms with Gasteiger partial charge in [-0.1, -0.05) is 60.3 Å². The Kier molecular flexibility index (Phi) is 13.7. The van der Waals surface area contributed by atoms with Gasteiger partial charge in [-0.05, 0) is 91.1 Å². The highest BCUT2D eigenvalue weighted by Gasteiger charge is 2.38. The van der Waals surface area contributed by atoms with Crippen molar-refractivity contribution in [3.05, 3.63) is 65.9 Å². The number of fused-ring (bicyclic) bond motifs is 1. The van der Waals surface area contributed by atoms with Crippen LogP contribution in [0, 0.1) is 17.8 Å². The van der Waals surface area contributed by atoms with Crippen LogP contribution in [-0.4, -0.2) is 88.1 Å². The number of benzene rings is 2. The van der Waals surface area contributed by atoms with Gasteiger partial charge in [0.25, 0.3) is 0 Å². The van der Waals surface area contributed by atoms with Crippen LogP contribution in [0.2, 0.25) is 25.7 Å². The standard InChI is InChI=1S/C44H63N7O6Si/c1-28(2)30(5)42(52)50-21-11-13-37(50)41-47-34-19-14-31(24-38(34)51(41)27-56-22-23-58(7,8)9)26-57-33-17-15-32(16-18-33)35-25-45-40(46-35)36-12-10-20-49(36)43(53)39(29(3)4)48-44(54)55-6/h14-19,24-25,28-30,36-37,39H,10-13,20-23,26-27H2,1-9H3,(H,45,46)(H,48,54)/t30-,36-,37-,39-/m0/s1. The Hall–Kier alpha value is -4.69. The third kappa shape index (κ3) is 9.94. The molecule has 314 valence electrons. The molecule has 2 fully saturated rings. The average Bonchev–Trinajstić information content (AvgIpc) is 4.02. The molecule has 0 bridgehead atoms. The van der Waals surface area contributed by atoms with E-state index in [2.05, 4.69) is 65.5 Å². The lowest BCUT2D eigenvalue weighted by atomic mass is 9.96. The maximum Gasteiger partial charge on any atom is 0.407 e. The summed E-state index contributed by atoms with van der Waals surface area (Å²) >= 11 is 0. The number of H-pyrrole nitrogens is 1. The monoisotopic (exact) mass is 813 g/mol. The molecule has 0 aliphatic carbocycles. The number of methoxy groups -OCH3 is 1. The van der Waals surface area contributed by atoms with Crippen LogP contribution < -0.4 is 10.1 Å². The first-order valence-electron chi connectivity index (χ1n) is 21.0. The Morgan fingerprint density at radius 2 is 1.60 bits per heavy atom. The fourth-order valence-electron chi connectivity index (χ4n) is 7.79. The fourth-order valence-corrected chi connectivity index (χ4v) is 8.55. The summed E-state index contributed by atoms with van der Waals surface area (Å²) in [7, 11) is 0.0241. The summed E-state index contributed by atoms with van der Waals surface area (Å²) in [6.07, 6.45) is 4.65. The highest BCUT2D eigenvalue weighted by molar-refractivity contribution is 6.76. The largest absolute Gasteiger partial charge is 0.489 e. The molecule has 2 aliphatic heterocycles. The van der Waals surface area contributed by atoms with Gasteiger partial charge in [0.2, 0.25) is 11.8 Å². The van der Waals surface area contributed by atoms with Gasteiger partial charge in [0, 0.05) is 33.7 Å². The summed E-state index contributed by atoms with van der Waals surface area (Å²) in [6, 6.07) is 14.2. The second-order valence-corrected chi connectivity index (χ2v) is 23.5. The predicted molar refractivity (Wildman–Crippen MR) is 228 cm³/mol. The predicted octanol–water partition coefficient (Wildman–Crippen LogP) is 8.32. The van der Waals surface area contributed by atoms with Gasteiger partial charge >= 0.3 is 6.09 Å². The van der Waals surface area contributed by atoms with Crippen molar-refractivity contribution in [2.24, 2.45) is 17.8 Å². The molecule has 2 aromatic carbocycles. The van der Waals surface area contributed by atoms with E-state index in [1.165, 1.54) is 7.11 Å². The number of aromatic nitrogens is 4. The number of nitrogens with one attached hydrogen (secondary N) is 2. The molecule has 3 amide bonds. The number of imidazole rings is 2. The Morgan fingerprint density at radius 1 is 0.914 bits per heavy atom. The SMILES string of the molecule is COC(=O)N[C@H](C(=O)N1CCC[C@H]1c1ncc(-c2ccc(OCc3ccc4nc([C@@H]5CCCN5C(=O)[C@@H](C)C(C)C)n(COCC[Si](C)(C)C)c4c3)cc2)[nH]1)C(C)C. The number of carbonyl (C=O) groups is 3. The number of alkyl carbamates (subject to hydrolysis) is 1. The first kappa shape index (κ1) is 42.9. The molecule has 58 heavy (non-hydrogen) atoms. The van der Waals surface area contributed by atoms with Crippen LogP contribution in [0.3, 0.4) is 0 Å². The Morgan fingerprint density at radius 3 is 2.26 bits per heavy atom. The molecule has 0 unspecified atom stereocenters. The van der Waals surface area contributed by atoms with Crippen molar-refractivity contribution in [2.75, 3.05) is 26.8 Å². The van der Waals surface area contributed by atoms with E-state index in [1.807, 2.05) is 60.9 Å². The maximum atomic E-state index is 13.6. The highest BCUT2D eigenvalue weighted by atomic mass is 28.3. The first-order valence-corrected chi connectivity index (χ1v) is 24.7. The topological polar surface area (TPSA) is 144 Å². The van der Waals surface area contributed by atoms with Crippen molar-refractivity contribution in [3.63, 3.8) is 0 Å². The van der Waals surface area contributed by atoms with Crippen LogP contribution in [0.15, 0.2) is 48.7 Å². The number of carbonyl (C=O) groups excluding carboxylic acids is 3. The van der Waals surface area contributed by atoms with Gasteiger partial charge < -0.3 is 38.9 Å². The molecule has 0 saturated carbocycles. The summed E-state index contributed by atoms with van der Waals surface area (Å²) < 4.78 is 19.6. The molecule has 4 atom stereocenters. The van der Waals surface area contributed by atoms with Crippen molar-refractivity contribution >= 4 is 37.0 Å². The van der Waals surface area contributed by atoms with Gasteiger partial charge in [-0.25, -0.2) is 14.8 Å². The van der Waals surface area contributed by atoms with Crippen LogP contribution in [0.1, 0.15) is 89.6 Å². The van der Waals surface area contributed by atoms with Crippen LogP contribution in [0.25, 0.3) is 22.3 Å². The van der Waals surface area contributed by atoms with E-state index in [1.54, 1.807) is 6.20 Å². The number of aromatic amines is 1. The molecular formula is C44H63N7O6Si. The summed E-state index contributed by atoms with van der Waals surface area (Å²) in [5, 5.41) is 2.70. The molecule has 6 rings (SSSR count). The van der Waals surface area contributed by atoms with Crippen molar-refractivity contribution in [3.8, 4) is 17.0 Å². The van der Waals surface area contributed by atoms with Gasteiger partial charge in [0.05, 0.1) is 42.1 Å². The Labute approximate surface area is 344 Å². The molecule has 14 heteroatoms. The number of likely N-dealkylation sites (tertiary alicyclic amines) is 2. The van der Waals surface area contributed by atoms with E-state index in [0.29, 0.717) is 26.5 Å². The zero-order valence-electron chi connectivity index (χ0n) is 35.8. The number of rotatable bonds is 16. The quantitative estimate of drug-likeness (QED) is 0.0850. The molecule has 0 radical (unpaired) electrons. The van der Waals surface area contributed by atoms with Gasteiger partial charge in [-0.3, -0.25) is 9.59 Å². The summed E-state index contributed by atoms with van der Waals surface area (Å²) in [4.78, 5) is 56.3. The smallest absolute Gasteiger partial charge is 0.407 e. The van der Waals surface area contributed by atoms with Crippen molar-refractivity contribution in [1.82, 2.24) is 34.6 Å². The lowest BCUT2D eigenvalue weighted by Gasteiger charge is -2.30. The third-order valence-electron chi connectivity index (χ3n) is 11.7. The number of hydrogen-bond acceptors (Lipinski definition) is 8. The Bertz CT molecular complexity index is 2040. The van der Waals surface area contributed by atoms with Gasteiger partial charge in [0.1, 0.15) is 36.8 Å². The Balaban J connectivity index is 1.15. The summed E-state index contributed by atoms with van der Waals surface area (Å²) in [5.41, 5.74) is 4.66. The molecule has 4 heterocycles. The minimum atomic E-state index is -1.27. The first-order chi connectivity index (χ1) is 27.6. The highest BCUT2D eigenvalue weighted by Crippen LogP contribution is 2.36. The number of hydrogen-bond donors (Lipinski definition) is 2. The van der Waals surface area contributed by atoms with Crippen LogP contribution >= 0.6 is 0 Å². The number of ether oxygens (including phenoxy) is 3. The van der Waals surface area contributed by atoms with E-state index >= 15 is 0 Å². The van der Waals surface area contributed by atoms with E-state index < -0.39 is 20.2 Å². The lowest BCUT2D eigenvalue weighted by Crippen LogP contribution is -2.51. The third-order valence-corrected chi connectivity index (χ3v) is 13.4. The van der Waals surface area contributed by atoms with Crippen molar-refractivity contribution < 1.29 is 28.6 Å². The lowest BCUT2D eigenvalue weighted by molar-refractivity contribution is -0.137. The van der Waals surface area contributed by atoms with E-state index in [-0.39, 0.29) is 41.7 Å². The van der Waals surface area contributed by atoms with E-state index in [9.17, 15) is 14.4 Å². The molecule has 0 spiro atoms. The van der Waals surface area contributed by atoms with Gasteiger partial charge in [-0.15, -0.1) is 0 Å². The van der Waals surface area contributed by atoms with Crippen molar-refractivity contribution in [1.29, 1.82) is 0 Å². The zero-order valence-corrected chi connectivity index (χ0v) is 36.8. The molecule has 4 aromatic rings. The molecule has 2 saturated heterocycles. The average molecular weight is 814 g/mol. The van der Waals surface area contributed by atoms with Crippen LogP contribution in [0.4, 0.5) is 4.79 Å². The minimum absolute atomic E-state index is 0.0526. The molecule has 2 aromatic heterocycles. The summed E-state index contributed by atoms with van der Waals surface area (Å²) in [6.45, 7) is 19.9. The second-order valence-electron chi connectivity index (χ2n) is 17.8. The van der Waals surface area contributed by atoms with Crippen LogP contribution in [0.5, 0.6) is 5.75 Å². The minimum Gasteiger partial charge on any atom is -0.489 e. The van der Waals surface area contributed by atoms with Crippen LogP contribution in [-0.2, 0) is 32.4 Å². The molecule has 2 aliphatic rings. The number of nitrogens with zero attached hydrogens (tertiary/aromatic N) is 5. The molecular weight excluding hydrogens is 751 g/mol. The van der Waals surface area contributed by atoms with Gasteiger partial charge in [0.15, 0.2) is 0 Å².